The van der Waals surface area contributed by atoms with E-state index in [-0.39, 0.29) is 11.5 Å². The van der Waals surface area contributed by atoms with Crippen molar-refractivity contribution >= 4 is 16.4 Å². The van der Waals surface area contributed by atoms with Crippen LogP contribution in [0.1, 0.15) is 37.7 Å². The zero-order chi connectivity index (χ0) is 24.4. The second-order valence-corrected chi connectivity index (χ2v) is 9.38. The summed E-state index contributed by atoms with van der Waals surface area (Å²) >= 11 is 0. The Bertz CT molecular complexity index is 1370. The zero-order valence-electron chi connectivity index (χ0n) is 20.7. The Morgan fingerprint density at radius 2 is 1.91 bits per heavy atom. The SMILES string of the molecule is CCn1c(=O)c(C2CCOCC2)c2c3cc(-c4ccc(OCCCN(C)C)nc4)ccc3ncn21. The molecule has 0 atom stereocenters. The van der Waals surface area contributed by atoms with Crippen LogP contribution < -0.4 is 10.3 Å². The Balaban J connectivity index is 1.53. The number of rotatable bonds is 8. The normalized spacial score (nSPS) is 14.9. The van der Waals surface area contributed by atoms with Crippen molar-refractivity contribution in [1.82, 2.24) is 24.1 Å². The van der Waals surface area contributed by atoms with Gasteiger partial charge in [-0.1, -0.05) is 6.07 Å². The standard InChI is InChI=1S/C27H33N5O3/c1-4-31-27(33)25(19-10-14-34-15-11-19)26-22-16-20(6-8-23(22)29-18-32(26)31)21-7-9-24(28-17-21)35-13-5-12-30(2)3/h6-9,16-19H,4-5,10-15H2,1-3H3. The molecule has 1 aromatic carbocycles. The van der Waals surface area contributed by atoms with Crippen LogP contribution in [0.25, 0.3) is 27.5 Å². The maximum absolute atomic E-state index is 13.4. The van der Waals surface area contributed by atoms with Crippen molar-refractivity contribution in [3.8, 4) is 17.0 Å². The quantitative estimate of drug-likeness (QED) is 0.359. The molecule has 0 N–H and O–H groups in total. The van der Waals surface area contributed by atoms with Gasteiger partial charge < -0.3 is 14.4 Å². The molecule has 1 saturated heterocycles. The smallest absolute Gasteiger partial charge is 0.271 e. The summed E-state index contributed by atoms with van der Waals surface area (Å²) in [5, 5.41) is 0.986. The minimum Gasteiger partial charge on any atom is -0.478 e. The van der Waals surface area contributed by atoms with Crippen LogP contribution in [0.15, 0.2) is 47.7 Å². The number of benzene rings is 1. The van der Waals surface area contributed by atoms with Crippen molar-refractivity contribution in [1.29, 1.82) is 0 Å². The summed E-state index contributed by atoms with van der Waals surface area (Å²) in [6.45, 7) is 5.60. The van der Waals surface area contributed by atoms with E-state index in [1.54, 1.807) is 11.0 Å². The third-order valence-electron chi connectivity index (χ3n) is 6.77. The average Bonchev–Trinajstić information content (AvgIpc) is 3.18. The number of fused-ring (bicyclic) bond motifs is 3. The third-order valence-corrected chi connectivity index (χ3v) is 6.77. The van der Waals surface area contributed by atoms with Gasteiger partial charge in [0.05, 0.1) is 17.6 Å². The molecule has 4 heterocycles. The largest absolute Gasteiger partial charge is 0.478 e. The van der Waals surface area contributed by atoms with E-state index in [1.807, 2.05) is 35.8 Å². The van der Waals surface area contributed by atoms with Crippen LogP contribution in [0.3, 0.4) is 0 Å². The second kappa shape index (κ2) is 10.2. The maximum Gasteiger partial charge on any atom is 0.271 e. The Morgan fingerprint density at radius 1 is 1.11 bits per heavy atom. The van der Waals surface area contributed by atoms with Crippen molar-refractivity contribution in [2.45, 2.75) is 38.6 Å². The number of aromatic nitrogens is 4. The highest BCUT2D eigenvalue weighted by molar-refractivity contribution is 5.97. The number of nitrogens with zero attached hydrogens (tertiary/aromatic N) is 5. The van der Waals surface area contributed by atoms with Crippen LogP contribution >= 0.6 is 0 Å². The molecular formula is C27H33N5O3. The first kappa shape index (κ1) is 23.5. The lowest BCUT2D eigenvalue weighted by molar-refractivity contribution is 0.0854. The van der Waals surface area contributed by atoms with E-state index >= 15 is 0 Å². The molecule has 5 rings (SSSR count). The second-order valence-electron chi connectivity index (χ2n) is 9.38. The Kier molecular flexibility index (Phi) is 6.83. The van der Waals surface area contributed by atoms with E-state index in [2.05, 4.69) is 41.1 Å². The molecule has 0 unspecified atom stereocenters. The van der Waals surface area contributed by atoms with E-state index in [1.165, 1.54) is 0 Å². The molecule has 8 heteroatoms. The summed E-state index contributed by atoms with van der Waals surface area (Å²) in [5.74, 6) is 0.824. The zero-order valence-corrected chi connectivity index (χ0v) is 20.7. The number of pyridine rings is 1. The first-order chi connectivity index (χ1) is 17.1. The Hall–Kier alpha value is -3.23. The molecule has 1 aliphatic heterocycles. The fraction of sp³-hybridized carbons (Fsp3) is 0.444. The molecule has 3 aromatic heterocycles. The molecule has 35 heavy (non-hydrogen) atoms. The minimum atomic E-state index is 0.0801. The van der Waals surface area contributed by atoms with E-state index in [0.29, 0.717) is 32.2 Å². The van der Waals surface area contributed by atoms with Gasteiger partial charge >= 0.3 is 0 Å². The van der Waals surface area contributed by atoms with Crippen molar-refractivity contribution in [3.05, 3.63) is 58.8 Å². The Labute approximate surface area is 205 Å². The first-order valence-corrected chi connectivity index (χ1v) is 12.4. The summed E-state index contributed by atoms with van der Waals surface area (Å²) in [5.41, 5.74) is 4.84. The van der Waals surface area contributed by atoms with Crippen molar-refractivity contribution in [2.24, 2.45) is 0 Å². The van der Waals surface area contributed by atoms with E-state index in [9.17, 15) is 4.79 Å². The van der Waals surface area contributed by atoms with Crippen LogP contribution in [-0.2, 0) is 11.3 Å². The number of hydrogen-bond donors (Lipinski definition) is 0. The summed E-state index contributed by atoms with van der Waals surface area (Å²) in [7, 11) is 4.11. The summed E-state index contributed by atoms with van der Waals surface area (Å²) in [4.78, 5) is 24.8. The van der Waals surface area contributed by atoms with Gasteiger partial charge in [0, 0.05) is 55.1 Å². The Morgan fingerprint density at radius 3 is 2.63 bits per heavy atom. The third kappa shape index (κ3) is 4.68. The molecule has 8 nitrogen and oxygen atoms in total. The molecular weight excluding hydrogens is 442 g/mol. The molecule has 184 valence electrons. The maximum atomic E-state index is 13.4. The van der Waals surface area contributed by atoms with Crippen LogP contribution in [0.2, 0.25) is 0 Å². The van der Waals surface area contributed by atoms with Gasteiger partial charge in [0.1, 0.15) is 6.33 Å². The van der Waals surface area contributed by atoms with Crippen LogP contribution in [0.5, 0.6) is 5.88 Å². The summed E-state index contributed by atoms with van der Waals surface area (Å²) in [6, 6.07) is 10.2. The van der Waals surface area contributed by atoms with Gasteiger partial charge in [0.15, 0.2) is 0 Å². The van der Waals surface area contributed by atoms with Gasteiger partial charge in [-0.3, -0.25) is 4.79 Å². The summed E-state index contributed by atoms with van der Waals surface area (Å²) in [6.07, 6.45) is 6.30. The molecule has 0 radical (unpaired) electrons. The predicted octanol–water partition coefficient (Wildman–Crippen LogP) is 3.96. The van der Waals surface area contributed by atoms with Crippen LogP contribution in [0, 0.1) is 0 Å². The minimum absolute atomic E-state index is 0.0801. The molecule has 0 bridgehead atoms. The highest BCUT2D eigenvalue weighted by atomic mass is 16.5. The molecule has 0 aliphatic carbocycles. The van der Waals surface area contributed by atoms with E-state index in [0.717, 1.165) is 58.9 Å². The van der Waals surface area contributed by atoms with Gasteiger partial charge in [-0.2, -0.15) is 0 Å². The van der Waals surface area contributed by atoms with Gasteiger partial charge in [-0.05, 0) is 70.0 Å². The predicted molar refractivity (Wildman–Crippen MR) is 137 cm³/mol. The number of aryl methyl sites for hydroxylation is 1. The highest BCUT2D eigenvalue weighted by Gasteiger charge is 2.26. The van der Waals surface area contributed by atoms with Crippen LogP contribution in [0.4, 0.5) is 0 Å². The van der Waals surface area contributed by atoms with Gasteiger partial charge in [0.2, 0.25) is 5.88 Å². The molecule has 1 aliphatic rings. The van der Waals surface area contributed by atoms with Crippen molar-refractivity contribution in [2.75, 3.05) is 40.5 Å². The molecule has 0 spiro atoms. The highest BCUT2D eigenvalue weighted by Crippen LogP contribution is 2.33. The van der Waals surface area contributed by atoms with E-state index in [4.69, 9.17) is 9.47 Å². The van der Waals surface area contributed by atoms with Gasteiger partial charge in [0.25, 0.3) is 5.56 Å². The van der Waals surface area contributed by atoms with Gasteiger partial charge in [-0.15, -0.1) is 0 Å². The fourth-order valence-corrected chi connectivity index (χ4v) is 4.95. The first-order valence-electron chi connectivity index (χ1n) is 12.4. The monoisotopic (exact) mass is 475 g/mol. The van der Waals surface area contributed by atoms with Crippen molar-refractivity contribution in [3.63, 3.8) is 0 Å². The number of hydrogen-bond acceptors (Lipinski definition) is 6. The lowest BCUT2D eigenvalue weighted by Gasteiger charge is -2.21. The summed E-state index contributed by atoms with van der Waals surface area (Å²) < 4.78 is 15.1. The fourth-order valence-electron chi connectivity index (χ4n) is 4.95. The van der Waals surface area contributed by atoms with E-state index < -0.39 is 0 Å². The molecule has 1 fully saturated rings. The number of ether oxygens (including phenoxy) is 2. The lowest BCUT2D eigenvalue weighted by atomic mass is 9.91. The van der Waals surface area contributed by atoms with Crippen LogP contribution in [-0.4, -0.2) is 64.5 Å². The molecule has 0 amide bonds. The van der Waals surface area contributed by atoms with Crippen molar-refractivity contribution < 1.29 is 9.47 Å². The lowest BCUT2D eigenvalue weighted by Crippen LogP contribution is -2.24. The average molecular weight is 476 g/mol. The molecule has 0 saturated carbocycles. The molecule has 4 aromatic rings. The van der Waals surface area contributed by atoms with Gasteiger partial charge in [-0.25, -0.2) is 19.2 Å². The topological polar surface area (TPSA) is 73.9 Å².